The van der Waals surface area contributed by atoms with E-state index in [-0.39, 0.29) is 5.91 Å². The summed E-state index contributed by atoms with van der Waals surface area (Å²) in [6.07, 6.45) is 1.66. The summed E-state index contributed by atoms with van der Waals surface area (Å²) in [5.74, 6) is -0.0365. The van der Waals surface area contributed by atoms with Crippen molar-refractivity contribution in [3.05, 3.63) is 58.1 Å². The van der Waals surface area contributed by atoms with Gasteiger partial charge in [0.05, 0.1) is 5.41 Å². The van der Waals surface area contributed by atoms with Gasteiger partial charge in [0.1, 0.15) is 0 Å². The Morgan fingerprint density at radius 2 is 1.62 bits per heavy atom. The molecule has 0 aromatic heterocycles. The average Bonchev–Trinajstić information content (AvgIpc) is 3.19. The molecule has 1 fully saturated rings. The molecule has 3 nitrogen and oxygen atoms in total. The second kappa shape index (κ2) is 5.24. The third-order valence-corrected chi connectivity index (χ3v) is 4.20. The number of hydrogen-bond donors (Lipinski definition) is 2. The summed E-state index contributed by atoms with van der Waals surface area (Å²) < 4.78 is 0. The van der Waals surface area contributed by atoms with Gasteiger partial charge in [0.15, 0.2) is 0 Å². The normalized spacial score (nSPS) is 15.5. The second-order valence-corrected chi connectivity index (χ2v) is 6.19. The molecule has 0 unspecified atom stereocenters. The van der Waals surface area contributed by atoms with Crippen LogP contribution in [0.5, 0.6) is 0 Å². The maximum absolute atomic E-state index is 12.6. The smallest absolute Gasteiger partial charge is 0.235 e. The monoisotopic (exact) mass is 320 g/mol. The number of carbonyl (C=O) groups excluding carboxylic acids is 1. The molecular weight excluding hydrogens is 307 g/mol. The molecule has 0 radical (unpaired) electrons. The number of nitrogens with two attached hydrogens (primary N) is 1. The van der Waals surface area contributed by atoms with Crippen LogP contribution in [-0.2, 0) is 10.2 Å². The topological polar surface area (TPSA) is 55.1 Å². The van der Waals surface area contributed by atoms with Crippen molar-refractivity contribution in [2.75, 3.05) is 11.1 Å². The number of hydrogen-bond acceptors (Lipinski definition) is 2. The highest BCUT2D eigenvalue weighted by atomic mass is 35.5. The molecule has 1 amide bonds. The third kappa shape index (κ3) is 2.85. The van der Waals surface area contributed by atoms with Crippen LogP contribution in [0, 0.1) is 0 Å². The van der Waals surface area contributed by atoms with Crippen molar-refractivity contribution < 1.29 is 4.79 Å². The fraction of sp³-hybridized carbons (Fsp3) is 0.188. The van der Waals surface area contributed by atoms with E-state index in [1.165, 1.54) is 0 Å². The van der Waals surface area contributed by atoms with Crippen LogP contribution in [-0.4, -0.2) is 5.91 Å². The summed E-state index contributed by atoms with van der Waals surface area (Å²) in [4.78, 5) is 12.6. The molecule has 3 N–H and O–H groups in total. The maximum Gasteiger partial charge on any atom is 0.235 e. The van der Waals surface area contributed by atoms with Crippen molar-refractivity contribution in [2.45, 2.75) is 18.3 Å². The van der Waals surface area contributed by atoms with E-state index < -0.39 is 5.41 Å². The number of nitrogen functional groups attached to an aromatic ring is 1. The van der Waals surface area contributed by atoms with Gasteiger partial charge in [-0.25, -0.2) is 0 Å². The number of carbonyl (C=O) groups is 1. The van der Waals surface area contributed by atoms with Crippen LogP contribution >= 0.6 is 23.2 Å². The first-order valence-electron chi connectivity index (χ1n) is 6.63. The van der Waals surface area contributed by atoms with Crippen molar-refractivity contribution in [2.24, 2.45) is 0 Å². The van der Waals surface area contributed by atoms with Gasteiger partial charge in [-0.1, -0.05) is 35.3 Å². The molecule has 0 bridgehead atoms. The van der Waals surface area contributed by atoms with Gasteiger partial charge in [-0.15, -0.1) is 0 Å². The fourth-order valence-corrected chi connectivity index (χ4v) is 2.98. The standard InChI is InChI=1S/C16H14Cl2N2O/c17-11-7-12(18)9-14(8-11)20-15(21)16(5-6-16)10-1-3-13(19)4-2-10/h1-4,7-9H,5-6,19H2,(H,20,21). The Morgan fingerprint density at radius 1 is 1.05 bits per heavy atom. The molecule has 0 heterocycles. The van der Waals surface area contributed by atoms with Crippen molar-refractivity contribution in [3.63, 3.8) is 0 Å². The minimum atomic E-state index is -0.456. The van der Waals surface area contributed by atoms with Crippen LogP contribution in [0.4, 0.5) is 11.4 Å². The number of amides is 1. The molecule has 0 spiro atoms. The van der Waals surface area contributed by atoms with Crippen LogP contribution in [0.1, 0.15) is 18.4 Å². The van der Waals surface area contributed by atoms with Crippen LogP contribution in [0.25, 0.3) is 0 Å². The van der Waals surface area contributed by atoms with Crippen molar-refractivity contribution >= 4 is 40.5 Å². The lowest BCUT2D eigenvalue weighted by atomic mass is 9.94. The average molecular weight is 321 g/mol. The summed E-state index contributed by atoms with van der Waals surface area (Å²) in [5.41, 5.74) is 7.53. The predicted octanol–water partition coefficient (Wildman–Crippen LogP) is 4.25. The first-order valence-corrected chi connectivity index (χ1v) is 7.39. The Morgan fingerprint density at radius 3 is 2.14 bits per heavy atom. The van der Waals surface area contributed by atoms with Crippen molar-refractivity contribution in [1.29, 1.82) is 0 Å². The van der Waals surface area contributed by atoms with Crippen LogP contribution in [0.3, 0.4) is 0 Å². The molecule has 5 heteroatoms. The summed E-state index contributed by atoms with van der Waals surface area (Å²) in [5, 5.41) is 3.89. The minimum absolute atomic E-state index is 0.0365. The molecular formula is C16H14Cl2N2O. The Kier molecular flexibility index (Phi) is 3.56. The Hall–Kier alpha value is -1.71. The van der Waals surface area contributed by atoms with Gasteiger partial charge in [0.2, 0.25) is 5.91 Å². The predicted molar refractivity (Wildman–Crippen MR) is 86.9 cm³/mol. The van der Waals surface area contributed by atoms with Crippen LogP contribution < -0.4 is 11.1 Å². The Bertz CT molecular complexity index is 674. The summed E-state index contributed by atoms with van der Waals surface area (Å²) in [6, 6.07) is 12.5. The quantitative estimate of drug-likeness (QED) is 0.831. The van der Waals surface area contributed by atoms with Crippen molar-refractivity contribution in [1.82, 2.24) is 0 Å². The van der Waals surface area contributed by atoms with E-state index in [1.807, 2.05) is 24.3 Å². The summed E-state index contributed by atoms with van der Waals surface area (Å²) in [7, 11) is 0. The minimum Gasteiger partial charge on any atom is -0.399 e. The van der Waals surface area contributed by atoms with Gasteiger partial charge < -0.3 is 11.1 Å². The van der Waals surface area contributed by atoms with E-state index in [9.17, 15) is 4.79 Å². The van der Waals surface area contributed by atoms with E-state index in [0.717, 1.165) is 18.4 Å². The number of benzene rings is 2. The maximum atomic E-state index is 12.6. The molecule has 108 valence electrons. The van der Waals surface area contributed by atoms with Crippen molar-refractivity contribution in [3.8, 4) is 0 Å². The zero-order valence-electron chi connectivity index (χ0n) is 11.2. The molecule has 2 aromatic rings. The Balaban J connectivity index is 1.83. The summed E-state index contributed by atoms with van der Waals surface area (Å²) in [6.45, 7) is 0. The van der Waals surface area contributed by atoms with E-state index in [1.54, 1.807) is 18.2 Å². The molecule has 3 rings (SSSR count). The highest BCUT2D eigenvalue weighted by Gasteiger charge is 2.51. The molecule has 2 aromatic carbocycles. The van der Waals surface area contributed by atoms with Gasteiger partial charge in [0, 0.05) is 21.4 Å². The lowest BCUT2D eigenvalue weighted by Crippen LogP contribution is -2.27. The number of rotatable bonds is 3. The molecule has 0 saturated heterocycles. The largest absolute Gasteiger partial charge is 0.399 e. The van der Waals surface area contributed by atoms with Gasteiger partial charge in [-0.3, -0.25) is 4.79 Å². The lowest BCUT2D eigenvalue weighted by Gasteiger charge is -2.16. The van der Waals surface area contributed by atoms with E-state index >= 15 is 0 Å². The zero-order chi connectivity index (χ0) is 15.0. The van der Waals surface area contributed by atoms with E-state index in [4.69, 9.17) is 28.9 Å². The highest BCUT2D eigenvalue weighted by Crippen LogP contribution is 2.49. The number of nitrogens with one attached hydrogen (secondary N) is 1. The number of halogens is 2. The zero-order valence-corrected chi connectivity index (χ0v) is 12.7. The molecule has 1 saturated carbocycles. The molecule has 1 aliphatic carbocycles. The SMILES string of the molecule is Nc1ccc(C2(C(=O)Nc3cc(Cl)cc(Cl)c3)CC2)cc1. The van der Waals surface area contributed by atoms with Gasteiger partial charge >= 0.3 is 0 Å². The first-order chi connectivity index (χ1) is 9.99. The second-order valence-electron chi connectivity index (χ2n) is 5.32. The summed E-state index contributed by atoms with van der Waals surface area (Å²) >= 11 is 11.9. The van der Waals surface area contributed by atoms with E-state index in [0.29, 0.717) is 21.4 Å². The first kappa shape index (κ1) is 14.2. The molecule has 0 atom stereocenters. The molecule has 0 aliphatic heterocycles. The highest BCUT2D eigenvalue weighted by molar-refractivity contribution is 6.35. The molecule has 21 heavy (non-hydrogen) atoms. The van der Waals surface area contributed by atoms with Crippen LogP contribution in [0.2, 0.25) is 10.0 Å². The Labute approximate surface area is 133 Å². The van der Waals surface area contributed by atoms with E-state index in [2.05, 4.69) is 5.32 Å². The third-order valence-electron chi connectivity index (χ3n) is 3.77. The molecule has 1 aliphatic rings. The number of anilines is 2. The lowest BCUT2D eigenvalue weighted by molar-refractivity contribution is -0.118. The van der Waals surface area contributed by atoms with Gasteiger partial charge in [-0.05, 0) is 48.7 Å². The van der Waals surface area contributed by atoms with Crippen LogP contribution in [0.15, 0.2) is 42.5 Å². The fourth-order valence-electron chi connectivity index (χ4n) is 2.45. The van der Waals surface area contributed by atoms with Gasteiger partial charge in [0.25, 0.3) is 0 Å². The van der Waals surface area contributed by atoms with Gasteiger partial charge in [-0.2, -0.15) is 0 Å².